The summed E-state index contributed by atoms with van der Waals surface area (Å²) in [5.41, 5.74) is 0.532. The molecule has 1 rings (SSSR count). The molecule has 0 saturated heterocycles. The van der Waals surface area contributed by atoms with E-state index in [1.165, 1.54) is 25.7 Å². The third-order valence-corrected chi connectivity index (χ3v) is 3.77. The van der Waals surface area contributed by atoms with Crippen LogP contribution < -0.4 is 0 Å². The average molecular weight is 210 g/mol. The summed E-state index contributed by atoms with van der Waals surface area (Å²) in [6.07, 6.45) is 7.14. The number of nitrogens with zero attached hydrogens (tertiary/aromatic N) is 1. The van der Waals surface area contributed by atoms with Crippen molar-refractivity contribution in [1.82, 2.24) is 4.90 Å². The van der Waals surface area contributed by atoms with Crippen LogP contribution in [0.2, 0.25) is 0 Å². The molecule has 0 spiro atoms. The lowest BCUT2D eigenvalue weighted by molar-refractivity contribution is 0.167. The number of rotatable bonds is 3. The van der Waals surface area contributed by atoms with Crippen molar-refractivity contribution in [3.63, 3.8) is 0 Å². The van der Waals surface area contributed by atoms with Crippen LogP contribution >= 0.6 is 0 Å². The van der Waals surface area contributed by atoms with Crippen LogP contribution in [-0.4, -0.2) is 23.8 Å². The van der Waals surface area contributed by atoms with E-state index in [4.69, 9.17) is 5.41 Å². The average Bonchev–Trinajstić information content (AvgIpc) is 2.17. The molecule has 0 aliphatic heterocycles. The van der Waals surface area contributed by atoms with Gasteiger partial charge in [0, 0.05) is 19.5 Å². The van der Waals surface area contributed by atoms with Crippen LogP contribution in [0.15, 0.2) is 0 Å². The third-order valence-electron chi connectivity index (χ3n) is 3.77. The van der Waals surface area contributed by atoms with Gasteiger partial charge in [0.15, 0.2) is 0 Å². The quantitative estimate of drug-likeness (QED) is 0.558. The van der Waals surface area contributed by atoms with Crippen molar-refractivity contribution < 1.29 is 0 Å². The molecule has 0 aromatic heterocycles. The van der Waals surface area contributed by atoms with E-state index in [1.54, 1.807) is 0 Å². The Hall–Kier alpha value is -0.530. The van der Waals surface area contributed by atoms with Crippen LogP contribution in [0, 0.1) is 10.8 Å². The topological polar surface area (TPSA) is 27.1 Å². The van der Waals surface area contributed by atoms with Crippen LogP contribution in [0.25, 0.3) is 0 Å². The lowest BCUT2D eigenvalue weighted by atomic mass is 9.75. The zero-order chi connectivity index (χ0) is 11.5. The second kappa shape index (κ2) is 5.00. The second-order valence-corrected chi connectivity index (χ2v) is 5.70. The Kier molecular flexibility index (Phi) is 4.18. The second-order valence-electron chi connectivity index (χ2n) is 5.70. The SMILES string of the molecule is CCCC(=N)N(C)C1CCC(C)(C)CC1. The molecule has 0 radical (unpaired) electrons. The first-order valence-corrected chi connectivity index (χ1v) is 6.26. The molecule has 1 fully saturated rings. The fourth-order valence-electron chi connectivity index (χ4n) is 2.40. The molecular formula is C13H26N2. The van der Waals surface area contributed by atoms with Gasteiger partial charge >= 0.3 is 0 Å². The van der Waals surface area contributed by atoms with Crippen LogP contribution in [0.3, 0.4) is 0 Å². The molecule has 0 heterocycles. The van der Waals surface area contributed by atoms with Gasteiger partial charge in [-0.15, -0.1) is 0 Å². The minimum atomic E-state index is 0.532. The van der Waals surface area contributed by atoms with Gasteiger partial charge in [0.1, 0.15) is 0 Å². The number of amidine groups is 1. The highest BCUT2D eigenvalue weighted by Crippen LogP contribution is 2.36. The molecule has 1 aliphatic rings. The van der Waals surface area contributed by atoms with Crippen LogP contribution in [0.1, 0.15) is 59.3 Å². The molecule has 0 bridgehead atoms. The fraction of sp³-hybridized carbons (Fsp3) is 0.923. The highest BCUT2D eigenvalue weighted by Gasteiger charge is 2.29. The van der Waals surface area contributed by atoms with Gasteiger partial charge in [-0.25, -0.2) is 0 Å². The van der Waals surface area contributed by atoms with Gasteiger partial charge in [-0.3, -0.25) is 5.41 Å². The van der Waals surface area contributed by atoms with Crippen molar-refractivity contribution in [3.8, 4) is 0 Å². The first kappa shape index (κ1) is 12.5. The minimum absolute atomic E-state index is 0.532. The minimum Gasteiger partial charge on any atom is -0.361 e. The molecule has 0 aromatic rings. The summed E-state index contributed by atoms with van der Waals surface area (Å²) in [6.45, 7) is 6.87. The van der Waals surface area contributed by atoms with E-state index in [0.717, 1.165) is 18.7 Å². The molecule has 88 valence electrons. The van der Waals surface area contributed by atoms with Gasteiger partial charge in [0.2, 0.25) is 0 Å². The lowest BCUT2D eigenvalue weighted by Crippen LogP contribution is -2.40. The van der Waals surface area contributed by atoms with Crippen LogP contribution in [-0.2, 0) is 0 Å². The summed E-state index contributed by atoms with van der Waals surface area (Å²) in [5.74, 6) is 0.821. The monoisotopic (exact) mass is 210 g/mol. The smallest absolute Gasteiger partial charge is 0.0957 e. The molecule has 15 heavy (non-hydrogen) atoms. The van der Waals surface area contributed by atoms with Crippen molar-refractivity contribution in [1.29, 1.82) is 5.41 Å². The van der Waals surface area contributed by atoms with E-state index in [1.807, 2.05) is 0 Å². The van der Waals surface area contributed by atoms with Crippen molar-refractivity contribution in [2.24, 2.45) is 5.41 Å². The largest absolute Gasteiger partial charge is 0.361 e. The summed E-state index contributed by atoms with van der Waals surface area (Å²) in [4.78, 5) is 2.21. The van der Waals surface area contributed by atoms with E-state index in [2.05, 4.69) is 32.7 Å². The molecule has 0 unspecified atom stereocenters. The summed E-state index contributed by atoms with van der Waals surface area (Å²) < 4.78 is 0. The van der Waals surface area contributed by atoms with Gasteiger partial charge < -0.3 is 4.90 Å². The van der Waals surface area contributed by atoms with E-state index in [0.29, 0.717) is 11.5 Å². The molecule has 0 atom stereocenters. The Labute approximate surface area is 94.6 Å². The van der Waals surface area contributed by atoms with E-state index in [9.17, 15) is 0 Å². The maximum atomic E-state index is 7.96. The summed E-state index contributed by atoms with van der Waals surface area (Å²) in [7, 11) is 2.10. The molecule has 1 aliphatic carbocycles. The Morgan fingerprint density at radius 3 is 2.33 bits per heavy atom. The first-order valence-electron chi connectivity index (χ1n) is 6.26. The van der Waals surface area contributed by atoms with Gasteiger partial charge in [0.05, 0.1) is 5.84 Å². The maximum absolute atomic E-state index is 7.96. The van der Waals surface area contributed by atoms with Crippen molar-refractivity contribution in [2.75, 3.05) is 7.05 Å². The molecule has 0 aromatic carbocycles. The predicted octanol–water partition coefficient (Wildman–Crippen LogP) is 3.66. The van der Waals surface area contributed by atoms with Crippen molar-refractivity contribution in [2.45, 2.75) is 65.3 Å². The van der Waals surface area contributed by atoms with Crippen LogP contribution in [0.4, 0.5) is 0 Å². The Bertz CT molecular complexity index is 211. The molecule has 2 nitrogen and oxygen atoms in total. The molecule has 1 N–H and O–H groups in total. The van der Waals surface area contributed by atoms with Crippen LogP contribution in [0.5, 0.6) is 0 Å². The van der Waals surface area contributed by atoms with Gasteiger partial charge in [-0.05, 0) is 37.5 Å². The van der Waals surface area contributed by atoms with Crippen molar-refractivity contribution in [3.05, 3.63) is 0 Å². The highest BCUT2D eigenvalue weighted by atomic mass is 15.2. The van der Waals surface area contributed by atoms with Gasteiger partial charge in [0.25, 0.3) is 0 Å². The fourth-order valence-corrected chi connectivity index (χ4v) is 2.40. The Morgan fingerprint density at radius 2 is 1.87 bits per heavy atom. The van der Waals surface area contributed by atoms with Gasteiger partial charge in [-0.1, -0.05) is 20.8 Å². The number of nitrogens with one attached hydrogen (secondary N) is 1. The van der Waals surface area contributed by atoms with Gasteiger partial charge in [-0.2, -0.15) is 0 Å². The Morgan fingerprint density at radius 1 is 1.33 bits per heavy atom. The third kappa shape index (κ3) is 3.51. The summed E-state index contributed by atoms with van der Waals surface area (Å²) in [5, 5.41) is 7.96. The first-order chi connectivity index (χ1) is 6.96. The van der Waals surface area contributed by atoms with E-state index in [-0.39, 0.29) is 0 Å². The molecular weight excluding hydrogens is 184 g/mol. The number of hydrogen-bond donors (Lipinski definition) is 1. The summed E-state index contributed by atoms with van der Waals surface area (Å²) in [6, 6.07) is 0.622. The van der Waals surface area contributed by atoms with E-state index < -0.39 is 0 Å². The van der Waals surface area contributed by atoms with E-state index >= 15 is 0 Å². The molecule has 1 saturated carbocycles. The maximum Gasteiger partial charge on any atom is 0.0957 e. The molecule has 0 amide bonds. The lowest BCUT2D eigenvalue weighted by Gasteiger charge is -2.39. The number of hydrogen-bond acceptors (Lipinski definition) is 1. The standard InChI is InChI=1S/C13H26N2/c1-5-6-12(14)15(4)11-7-9-13(2,3)10-8-11/h11,14H,5-10H2,1-4H3. The predicted molar refractivity (Wildman–Crippen MR) is 66.4 cm³/mol. The normalized spacial score (nSPS) is 21.3. The highest BCUT2D eigenvalue weighted by molar-refractivity contribution is 5.79. The Balaban J connectivity index is 2.42. The van der Waals surface area contributed by atoms with Crippen molar-refractivity contribution >= 4 is 5.84 Å². The zero-order valence-electron chi connectivity index (χ0n) is 10.8. The summed E-state index contributed by atoms with van der Waals surface area (Å²) >= 11 is 0. The molecule has 2 heteroatoms. The zero-order valence-corrected chi connectivity index (χ0v) is 10.8.